The SMILES string of the molecule is CC(C)c1ccccc1-c1ncc2[nH]c(=O)n(CC3(F)CCN(C(O)OC(C)(C)C)CC3)c2n1. The highest BCUT2D eigenvalue weighted by molar-refractivity contribution is 5.73. The molecule has 0 amide bonds. The van der Waals surface area contributed by atoms with E-state index in [-0.39, 0.29) is 25.3 Å². The molecule has 1 saturated heterocycles. The van der Waals surface area contributed by atoms with Crippen molar-refractivity contribution in [1.29, 1.82) is 0 Å². The number of ether oxygens (including phenoxy) is 1. The number of fused-ring (bicyclic) bond motifs is 1. The average Bonchev–Trinajstić information content (AvgIpc) is 3.07. The number of aliphatic hydroxyl groups excluding tert-OH is 1. The zero-order valence-corrected chi connectivity index (χ0v) is 20.5. The second-order valence-corrected chi connectivity index (χ2v) is 10.4. The predicted octanol–water partition coefficient (Wildman–Crippen LogP) is 3.81. The molecule has 3 heterocycles. The van der Waals surface area contributed by atoms with E-state index in [0.29, 0.717) is 30.1 Å². The molecule has 9 heteroatoms. The Kier molecular flexibility index (Phi) is 6.63. The summed E-state index contributed by atoms with van der Waals surface area (Å²) in [6.45, 7) is 10.3. The van der Waals surface area contributed by atoms with Crippen LogP contribution in [0, 0.1) is 0 Å². The van der Waals surface area contributed by atoms with Crippen LogP contribution in [0.4, 0.5) is 4.39 Å². The highest BCUT2D eigenvalue weighted by Crippen LogP contribution is 2.31. The Hall–Kier alpha value is -2.62. The van der Waals surface area contributed by atoms with Gasteiger partial charge in [-0.05, 0) is 45.1 Å². The minimum Gasteiger partial charge on any atom is -0.356 e. The number of likely N-dealkylation sites (tertiary alicyclic amines) is 1. The molecule has 1 fully saturated rings. The fraction of sp³-hybridized carbons (Fsp3) is 0.560. The first-order valence-corrected chi connectivity index (χ1v) is 11.8. The molecular weight excluding hydrogens is 437 g/mol. The largest absolute Gasteiger partial charge is 0.356 e. The van der Waals surface area contributed by atoms with E-state index in [2.05, 4.69) is 28.8 Å². The second-order valence-electron chi connectivity index (χ2n) is 10.4. The monoisotopic (exact) mass is 471 g/mol. The number of H-pyrrole nitrogens is 1. The van der Waals surface area contributed by atoms with E-state index in [4.69, 9.17) is 4.74 Å². The van der Waals surface area contributed by atoms with Gasteiger partial charge in [-0.15, -0.1) is 0 Å². The molecule has 1 aromatic carbocycles. The number of halogens is 1. The first kappa shape index (κ1) is 24.5. The topological polar surface area (TPSA) is 96.3 Å². The van der Waals surface area contributed by atoms with Gasteiger partial charge in [0.05, 0.1) is 18.3 Å². The number of piperidine rings is 1. The summed E-state index contributed by atoms with van der Waals surface area (Å²) < 4.78 is 22.8. The summed E-state index contributed by atoms with van der Waals surface area (Å²) in [6, 6.07) is 7.91. The van der Waals surface area contributed by atoms with Gasteiger partial charge in [-0.25, -0.2) is 19.2 Å². The molecule has 2 aromatic heterocycles. The summed E-state index contributed by atoms with van der Waals surface area (Å²) in [5.74, 6) is 0.788. The number of rotatable bonds is 6. The lowest BCUT2D eigenvalue weighted by Gasteiger charge is -2.39. The molecule has 4 rings (SSSR count). The van der Waals surface area contributed by atoms with Gasteiger partial charge in [0, 0.05) is 18.7 Å². The molecule has 1 atom stereocenters. The number of imidazole rings is 1. The van der Waals surface area contributed by atoms with Gasteiger partial charge >= 0.3 is 5.69 Å². The smallest absolute Gasteiger partial charge is 0.327 e. The van der Waals surface area contributed by atoms with E-state index >= 15 is 4.39 Å². The number of benzene rings is 1. The van der Waals surface area contributed by atoms with Crippen LogP contribution < -0.4 is 5.69 Å². The van der Waals surface area contributed by atoms with Crippen LogP contribution in [0.3, 0.4) is 0 Å². The molecule has 0 bridgehead atoms. The summed E-state index contributed by atoms with van der Waals surface area (Å²) in [5.41, 5.74) is 0.362. The summed E-state index contributed by atoms with van der Waals surface area (Å²) in [7, 11) is 0. The molecule has 0 spiro atoms. The highest BCUT2D eigenvalue weighted by Gasteiger charge is 2.38. The van der Waals surface area contributed by atoms with Gasteiger partial charge in [-0.1, -0.05) is 38.1 Å². The average molecular weight is 472 g/mol. The van der Waals surface area contributed by atoms with Crippen molar-refractivity contribution in [3.05, 3.63) is 46.5 Å². The van der Waals surface area contributed by atoms with Crippen molar-refractivity contribution in [3.8, 4) is 11.4 Å². The third-order valence-corrected chi connectivity index (χ3v) is 6.24. The van der Waals surface area contributed by atoms with Crippen molar-refractivity contribution in [1.82, 2.24) is 24.4 Å². The Morgan fingerprint density at radius 2 is 1.91 bits per heavy atom. The molecule has 0 aliphatic carbocycles. The number of nitrogens with one attached hydrogen (secondary N) is 1. The standard InChI is InChI=1S/C25H34FN5O3/c1-16(2)17-8-6-7-9-18(17)20-27-14-19-21(29-20)31(22(32)28-19)15-25(26)10-12-30(13-11-25)23(33)34-24(3,4)5/h6-9,14,16,23,33H,10-13,15H2,1-5H3,(H,28,32). The van der Waals surface area contributed by atoms with E-state index in [1.54, 1.807) is 11.1 Å². The lowest BCUT2D eigenvalue weighted by atomic mass is 9.93. The lowest BCUT2D eigenvalue weighted by Crippen LogP contribution is -2.50. The third-order valence-electron chi connectivity index (χ3n) is 6.24. The van der Waals surface area contributed by atoms with Crippen LogP contribution in [-0.2, 0) is 11.3 Å². The van der Waals surface area contributed by atoms with Crippen molar-refractivity contribution in [2.45, 2.75) is 77.6 Å². The summed E-state index contributed by atoms with van der Waals surface area (Å²) in [4.78, 5) is 26.3. The van der Waals surface area contributed by atoms with E-state index in [1.807, 2.05) is 45.0 Å². The zero-order valence-electron chi connectivity index (χ0n) is 20.5. The molecule has 1 unspecified atom stereocenters. The van der Waals surface area contributed by atoms with Gasteiger partial charge in [0.15, 0.2) is 11.5 Å². The van der Waals surface area contributed by atoms with Crippen molar-refractivity contribution < 1.29 is 14.2 Å². The normalized spacial score (nSPS) is 18.0. The van der Waals surface area contributed by atoms with Crippen LogP contribution in [0.2, 0.25) is 0 Å². The molecule has 2 N–H and O–H groups in total. The van der Waals surface area contributed by atoms with Gasteiger partial charge in [0.25, 0.3) is 0 Å². The van der Waals surface area contributed by atoms with Gasteiger partial charge in [0.1, 0.15) is 11.2 Å². The Morgan fingerprint density at radius 3 is 2.56 bits per heavy atom. The molecule has 8 nitrogen and oxygen atoms in total. The van der Waals surface area contributed by atoms with Crippen molar-refractivity contribution in [3.63, 3.8) is 0 Å². The van der Waals surface area contributed by atoms with Crippen LogP contribution >= 0.6 is 0 Å². The maximum Gasteiger partial charge on any atom is 0.327 e. The molecule has 3 aromatic rings. The van der Waals surface area contributed by atoms with Gasteiger partial charge in [-0.3, -0.25) is 9.47 Å². The molecule has 1 aliphatic heterocycles. The summed E-state index contributed by atoms with van der Waals surface area (Å²) >= 11 is 0. The second kappa shape index (κ2) is 9.20. The maximum atomic E-state index is 15.8. The highest BCUT2D eigenvalue weighted by atomic mass is 19.1. The van der Waals surface area contributed by atoms with E-state index < -0.39 is 23.4 Å². The third kappa shape index (κ3) is 5.21. The Morgan fingerprint density at radius 1 is 1.24 bits per heavy atom. The number of aromatic amines is 1. The molecular formula is C25H34FN5O3. The number of nitrogens with zero attached hydrogens (tertiary/aromatic N) is 4. The quantitative estimate of drug-likeness (QED) is 0.531. The molecule has 0 saturated carbocycles. The first-order valence-electron chi connectivity index (χ1n) is 11.8. The van der Waals surface area contributed by atoms with Gasteiger partial charge in [-0.2, -0.15) is 0 Å². The summed E-state index contributed by atoms with van der Waals surface area (Å²) in [5, 5.41) is 10.3. The number of aliphatic hydroxyl groups is 1. The fourth-order valence-corrected chi connectivity index (χ4v) is 4.40. The number of alkyl halides is 1. The minimum atomic E-state index is -1.60. The Balaban J connectivity index is 1.58. The van der Waals surface area contributed by atoms with Crippen molar-refractivity contribution in [2.24, 2.45) is 0 Å². The molecule has 0 radical (unpaired) electrons. The molecule has 34 heavy (non-hydrogen) atoms. The summed E-state index contributed by atoms with van der Waals surface area (Å²) in [6.07, 6.45) is 0.840. The van der Waals surface area contributed by atoms with E-state index in [0.717, 1.165) is 11.1 Å². The van der Waals surface area contributed by atoms with Crippen LogP contribution in [0.5, 0.6) is 0 Å². The minimum absolute atomic E-state index is 0.113. The number of aromatic nitrogens is 4. The number of hydrogen-bond acceptors (Lipinski definition) is 6. The van der Waals surface area contributed by atoms with Crippen molar-refractivity contribution in [2.75, 3.05) is 13.1 Å². The van der Waals surface area contributed by atoms with E-state index in [9.17, 15) is 9.90 Å². The van der Waals surface area contributed by atoms with Crippen LogP contribution in [0.25, 0.3) is 22.6 Å². The van der Waals surface area contributed by atoms with Gasteiger partial charge in [0.2, 0.25) is 6.41 Å². The first-order chi connectivity index (χ1) is 16.0. The maximum absolute atomic E-state index is 15.8. The lowest BCUT2D eigenvalue weighted by molar-refractivity contribution is -0.246. The van der Waals surface area contributed by atoms with Crippen LogP contribution in [0.15, 0.2) is 35.3 Å². The Labute approximate surface area is 198 Å². The van der Waals surface area contributed by atoms with Crippen molar-refractivity contribution >= 4 is 11.2 Å². The van der Waals surface area contributed by atoms with Crippen LogP contribution in [-0.4, -0.2) is 60.3 Å². The van der Waals surface area contributed by atoms with E-state index in [1.165, 1.54) is 4.57 Å². The molecule has 1 aliphatic rings. The number of hydrogen-bond donors (Lipinski definition) is 2. The predicted molar refractivity (Wildman–Crippen MR) is 129 cm³/mol. The van der Waals surface area contributed by atoms with Gasteiger partial charge < -0.3 is 14.8 Å². The zero-order chi connectivity index (χ0) is 24.7. The molecule has 184 valence electrons. The Bertz CT molecular complexity index is 1210. The fourth-order valence-electron chi connectivity index (χ4n) is 4.40. The van der Waals surface area contributed by atoms with Crippen LogP contribution in [0.1, 0.15) is 58.9 Å².